The molecule has 1 aliphatic carbocycles. The van der Waals surface area contributed by atoms with E-state index in [-0.39, 0.29) is 11.8 Å². The number of Topliss-reactive ketones (excluding diaryl/α,β-unsaturated/α-hetero) is 1. The molecule has 0 saturated heterocycles. The fourth-order valence-electron chi connectivity index (χ4n) is 2.38. The number of nitrogens with one attached hydrogen (secondary N) is 1. The third-order valence-corrected chi connectivity index (χ3v) is 3.33. The fraction of sp³-hybridized carbons (Fsp3) is 0.400. The minimum atomic E-state index is 0.213. The van der Waals surface area contributed by atoms with E-state index >= 15 is 0 Å². The van der Waals surface area contributed by atoms with E-state index in [1.165, 1.54) is 5.56 Å². The van der Waals surface area contributed by atoms with Gasteiger partial charge in [-0.15, -0.1) is 0 Å². The molecule has 0 aromatic heterocycles. The molecule has 1 aromatic carbocycles. The molecule has 2 heteroatoms. The Balaban J connectivity index is 2.11. The zero-order valence-electron chi connectivity index (χ0n) is 10.5. The average molecular weight is 229 g/mol. The summed E-state index contributed by atoms with van der Waals surface area (Å²) in [6.07, 6.45) is 3.03. The SMILES string of the molecule is CC(=O)C1=C(N[C@H](C)c2ccccc2)CCC1. The molecule has 1 N–H and O–H groups in total. The lowest BCUT2D eigenvalue weighted by Gasteiger charge is -2.17. The molecule has 0 aliphatic heterocycles. The van der Waals surface area contributed by atoms with Crippen molar-refractivity contribution in [3.8, 4) is 0 Å². The first-order chi connectivity index (χ1) is 8.18. The van der Waals surface area contributed by atoms with Crippen LogP contribution in [0.15, 0.2) is 41.6 Å². The lowest BCUT2D eigenvalue weighted by molar-refractivity contribution is -0.113. The van der Waals surface area contributed by atoms with Crippen molar-refractivity contribution in [1.29, 1.82) is 0 Å². The van der Waals surface area contributed by atoms with Crippen molar-refractivity contribution in [2.24, 2.45) is 0 Å². The topological polar surface area (TPSA) is 29.1 Å². The monoisotopic (exact) mass is 229 g/mol. The van der Waals surface area contributed by atoms with Gasteiger partial charge < -0.3 is 5.32 Å². The van der Waals surface area contributed by atoms with Gasteiger partial charge in [0.1, 0.15) is 0 Å². The number of carbonyl (C=O) groups is 1. The van der Waals surface area contributed by atoms with E-state index in [0.717, 1.165) is 30.5 Å². The van der Waals surface area contributed by atoms with Crippen LogP contribution in [0.4, 0.5) is 0 Å². The van der Waals surface area contributed by atoms with Gasteiger partial charge in [0.2, 0.25) is 0 Å². The third-order valence-electron chi connectivity index (χ3n) is 3.33. The Labute approximate surface area is 103 Å². The van der Waals surface area contributed by atoms with Gasteiger partial charge in [0.05, 0.1) is 0 Å². The molecule has 0 radical (unpaired) electrons. The van der Waals surface area contributed by atoms with E-state index in [9.17, 15) is 4.79 Å². The Morgan fingerprint density at radius 3 is 2.59 bits per heavy atom. The Bertz CT molecular complexity index is 433. The van der Waals surface area contributed by atoms with Crippen LogP contribution in [0.2, 0.25) is 0 Å². The predicted octanol–water partition coefficient (Wildman–Crippen LogP) is 3.36. The van der Waals surface area contributed by atoms with Crippen molar-refractivity contribution >= 4 is 5.78 Å². The minimum absolute atomic E-state index is 0.213. The summed E-state index contributed by atoms with van der Waals surface area (Å²) in [6.45, 7) is 3.80. The van der Waals surface area contributed by atoms with Crippen LogP contribution in [-0.2, 0) is 4.79 Å². The number of hydrogen-bond acceptors (Lipinski definition) is 2. The summed E-state index contributed by atoms with van der Waals surface area (Å²) in [4.78, 5) is 11.5. The van der Waals surface area contributed by atoms with Gasteiger partial charge in [0, 0.05) is 17.3 Å². The summed E-state index contributed by atoms with van der Waals surface area (Å²) >= 11 is 0. The highest BCUT2D eigenvalue weighted by atomic mass is 16.1. The standard InChI is InChI=1S/C15H19NO/c1-11(13-7-4-3-5-8-13)16-15-10-6-9-14(15)12(2)17/h3-5,7-8,11,16H,6,9-10H2,1-2H3/t11-/m1/s1. The highest BCUT2D eigenvalue weighted by molar-refractivity contribution is 5.94. The third kappa shape index (κ3) is 2.76. The van der Waals surface area contributed by atoms with Crippen LogP contribution >= 0.6 is 0 Å². The van der Waals surface area contributed by atoms with Crippen LogP contribution in [-0.4, -0.2) is 5.78 Å². The van der Waals surface area contributed by atoms with Crippen LogP contribution < -0.4 is 5.32 Å². The summed E-state index contributed by atoms with van der Waals surface area (Å²) < 4.78 is 0. The predicted molar refractivity (Wildman–Crippen MR) is 69.6 cm³/mol. The molecule has 0 spiro atoms. The maximum Gasteiger partial charge on any atom is 0.157 e. The molecule has 90 valence electrons. The molecule has 0 unspecified atom stereocenters. The van der Waals surface area contributed by atoms with Crippen molar-refractivity contribution in [3.63, 3.8) is 0 Å². The van der Waals surface area contributed by atoms with Crippen molar-refractivity contribution in [1.82, 2.24) is 5.32 Å². The number of ketones is 1. The van der Waals surface area contributed by atoms with E-state index in [1.807, 2.05) is 18.2 Å². The smallest absolute Gasteiger partial charge is 0.157 e. The first-order valence-corrected chi connectivity index (χ1v) is 6.23. The zero-order valence-corrected chi connectivity index (χ0v) is 10.5. The van der Waals surface area contributed by atoms with Crippen LogP contribution in [0.3, 0.4) is 0 Å². The quantitative estimate of drug-likeness (QED) is 0.857. The molecule has 0 saturated carbocycles. The van der Waals surface area contributed by atoms with Crippen LogP contribution in [0.25, 0.3) is 0 Å². The normalized spacial score (nSPS) is 17.1. The number of hydrogen-bond donors (Lipinski definition) is 1. The fourth-order valence-corrected chi connectivity index (χ4v) is 2.38. The number of rotatable bonds is 4. The molecule has 2 nitrogen and oxygen atoms in total. The van der Waals surface area contributed by atoms with Gasteiger partial charge >= 0.3 is 0 Å². The number of carbonyl (C=O) groups excluding carboxylic acids is 1. The highest BCUT2D eigenvalue weighted by Crippen LogP contribution is 2.27. The van der Waals surface area contributed by atoms with Crippen molar-refractivity contribution in [2.75, 3.05) is 0 Å². The van der Waals surface area contributed by atoms with E-state index in [1.54, 1.807) is 6.92 Å². The van der Waals surface area contributed by atoms with Gasteiger partial charge in [0.25, 0.3) is 0 Å². The number of benzene rings is 1. The summed E-state index contributed by atoms with van der Waals surface area (Å²) in [5.74, 6) is 0.213. The van der Waals surface area contributed by atoms with Gasteiger partial charge in [-0.25, -0.2) is 0 Å². The molecule has 2 rings (SSSR count). The number of allylic oxidation sites excluding steroid dienone is 2. The molecule has 0 bridgehead atoms. The van der Waals surface area contributed by atoms with Crippen LogP contribution in [0.5, 0.6) is 0 Å². The molecule has 0 heterocycles. The van der Waals surface area contributed by atoms with Gasteiger partial charge in [-0.2, -0.15) is 0 Å². The van der Waals surface area contributed by atoms with Gasteiger partial charge in [-0.3, -0.25) is 4.79 Å². The second kappa shape index (κ2) is 5.17. The lowest BCUT2D eigenvalue weighted by Crippen LogP contribution is -2.19. The van der Waals surface area contributed by atoms with E-state index in [0.29, 0.717) is 0 Å². The summed E-state index contributed by atoms with van der Waals surface area (Å²) in [5, 5.41) is 3.49. The molecular weight excluding hydrogens is 210 g/mol. The van der Waals surface area contributed by atoms with Gasteiger partial charge in [-0.1, -0.05) is 30.3 Å². The van der Waals surface area contributed by atoms with Gasteiger partial charge in [0.15, 0.2) is 5.78 Å². The lowest BCUT2D eigenvalue weighted by atomic mass is 10.1. The molecule has 0 fully saturated rings. The molecule has 1 atom stereocenters. The Kier molecular flexibility index (Phi) is 3.62. The van der Waals surface area contributed by atoms with Crippen molar-refractivity contribution in [3.05, 3.63) is 47.2 Å². The molecule has 1 aliphatic rings. The molecule has 1 aromatic rings. The Morgan fingerprint density at radius 2 is 1.94 bits per heavy atom. The van der Waals surface area contributed by atoms with E-state index in [2.05, 4.69) is 24.4 Å². The molecule has 0 amide bonds. The average Bonchev–Trinajstić information content (AvgIpc) is 2.78. The summed E-state index contributed by atoms with van der Waals surface area (Å²) in [6, 6.07) is 10.6. The highest BCUT2D eigenvalue weighted by Gasteiger charge is 2.19. The van der Waals surface area contributed by atoms with Gasteiger partial charge in [-0.05, 0) is 38.7 Å². The summed E-state index contributed by atoms with van der Waals surface area (Å²) in [5.41, 5.74) is 3.40. The first kappa shape index (κ1) is 11.9. The second-order valence-corrected chi connectivity index (χ2v) is 4.64. The molecule has 17 heavy (non-hydrogen) atoms. The molecular formula is C15H19NO. The summed E-state index contributed by atoms with van der Waals surface area (Å²) in [7, 11) is 0. The van der Waals surface area contributed by atoms with Crippen molar-refractivity contribution in [2.45, 2.75) is 39.2 Å². The van der Waals surface area contributed by atoms with Crippen LogP contribution in [0.1, 0.15) is 44.7 Å². The van der Waals surface area contributed by atoms with Crippen molar-refractivity contribution < 1.29 is 4.79 Å². The second-order valence-electron chi connectivity index (χ2n) is 4.64. The Morgan fingerprint density at radius 1 is 1.24 bits per heavy atom. The first-order valence-electron chi connectivity index (χ1n) is 6.23. The van der Waals surface area contributed by atoms with E-state index in [4.69, 9.17) is 0 Å². The zero-order chi connectivity index (χ0) is 12.3. The van der Waals surface area contributed by atoms with Crippen LogP contribution in [0, 0.1) is 0 Å². The Hall–Kier alpha value is -1.57. The minimum Gasteiger partial charge on any atom is -0.381 e. The maximum atomic E-state index is 11.5. The largest absolute Gasteiger partial charge is 0.381 e. The maximum absolute atomic E-state index is 11.5. The van der Waals surface area contributed by atoms with E-state index < -0.39 is 0 Å².